The average molecular weight is 442 g/mol. The summed E-state index contributed by atoms with van der Waals surface area (Å²) in [5.74, 6) is -4.50. The predicted octanol–water partition coefficient (Wildman–Crippen LogP) is 6.33. The molecule has 0 aliphatic rings. The maximum atomic E-state index is 14.3. The molecule has 0 unspecified atom stereocenters. The van der Waals surface area contributed by atoms with Crippen LogP contribution in [0.15, 0.2) is 48.5 Å². The highest BCUT2D eigenvalue weighted by molar-refractivity contribution is 6.16. The van der Waals surface area contributed by atoms with E-state index in [1.54, 1.807) is 31.2 Å². The van der Waals surface area contributed by atoms with Crippen LogP contribution >= 0.6 is 0 Å². The molecule has 0 atom stereocenters. The van der Waals surface area contributed by atoms with Gasteiger partial charge in [-0.15, -0.1) is 0 Å². The van der Waals surface area contributed by atoms with Crippen LogP contribution in [-0.4, -0.2) is 19.7 Å². The lowest BCUT2D eigenvalue weighted by Crippen LogP contribution is -2.10. The number of fused-ring (bicyclic) bond motifs is 3. The van der Waals surface area contributed by atoms with E-state index in [2.05, 4.69) is 0 Å². The number of ether oxygens (including phenoxy) is 2. The van der Waals surface area contributed by atoms with E-state index in [4.69, 9.17) is 9.47 Å². The monoisotopic (exact) mass is 442 g/mol. The van der Waals surface area contributed by atoms with Gasteiger partial charge in [0.25, 0.3) is 0 Å². The Balaban J connectivity index is 2.18. The summed E-state index contributed by atoms with van der Waals surface area (Å²) in [5.41, 5.74) is 1.28. The molecule has 0 saturated carbocycles. The number of esters is 1. The van der Waals surface area contributed by atoms with E-state index in [1.165, 1.54) is 7.11 Å². The quantitative estimate of drug-likeness (QED) is 0.206. The van der Waals surface area contributed by atoms with Gasteiger partial charge in [-0.1, -0.05) is 12.1 Å². The number of halogens is 4. The van der Waals surface area contributed by atoms with Crippen LogP contribution in [0.1, 0.15) is 12.5 Å². The summed E-state index contributed by atoms with van der Waals surface area (Å²) in [6.07, 6.45) is -0.272. The molecular weight excluding hydrogens is 424 g/mol. The van der Waals surface area contributed by atoms with Gasteiger partial charge in [-0.05, 0) is 81.6 Å². The lowest BCUT2D eigenvalue weighted by molar-refractivity contribution is -0.142. The molecule has 164 valence electrons. The van der Waals surface area contributed by atoms with E-state index in [-0.39, 0.29) is 34.6 Å². The Bertz CT molecular complexity index is 1350. The first kappa shape index (κ1) is 21.6. The minimum Gasteiger partial charge on any atom is -0.497 e. The summed E-state index contributed by atoms with van der Waals surface area (Å²) in [6.45, 7) is 1.78. The average Bonchev–Trinajstić information content (AvgIpc) is 2.77. The molecule has 32 heavy (non-hydrogen) atoms. The van der Waals surface area contributed by atoms with Crippen molar-refractivity contribution >= 4 is 27.5 Å². The number of hydrogen-bond acceptors (Lipinski definition) is 3. The normalized spacial score (nSPS) is 11.2. The highest BCUT2D eigenvalue weighted by Gasteiger charge is 2.22. The number of carbonyl (C=O) groups excluding carboxylic acids is 1. The zero-order chi connectivity index (χ0) is 23.0. The SMILES string of the molecule is CCOC(=O)Cc1c(-c2ccc(OC)cc2)c2cc(F)c(F)cc2c2cc(F)c(F)cc12. The van der Waals surface area contributed by atoms with Crippen LogP contribution in [0, 0.1) is 23.3 Å². The van der Waals surface area contributed by atoms with Crippen molar-refractivity contribution in [3.05, 3.63) is 77.4 Å². The highest BCUT2D eigenvalue weighted by Crippen LogP contribution is 2.41. The number of benzene rings is 4. The van der Waals surface area contributed by atoms with Crippen molar-refractivity contribution in [2.75, 3.05) is 13.7 Å². The van der Waals surface area contributed by atoms with Crippen LogP contribution < -0.4 is 4.74 Å². The van der Waals surface area contributed by atoms with Crippen molar-refractivity contribution < 1.29 is 31.8 Å². The molecule has 0 radical (unpaired) electrons. The van der Waals surface area contributed by atoms with Crippen LogP contribution in [0.2, 0.25) is 0 Å². The van der Waals surface area contributed by atoms with Crippen LogP contribution in [-0.2, 0) is 16.0 Å². The third kappa shape index (κ3) is 3.75. The van der Waals surface area contributed by atoms with Gasteiger partial charge in [0.05, 0.1) is 20.1 Å². The first-order valence-electron chi connectivity index (χ1n) is 9.86. The van der Waals surface area contributed by atoms with E-state index in [0.29, 0.717) is 22.4 Å². The first-order valence-corrected chi connectivity index (χ1v) is 9.86. The Morgan fingerprint density at radius 2 is 1.28 bits per heavy atom. The van der Waals surface area contributed by atoms with Crippen molar-refractivity contribution in [1.29, 1.82) is 0 Å². The fraction of sp³-hybridized carbons (Fsp3) is 0.160. The summed E-state index contributed by atoms with van der Waals surface area (Å²) in [5, 5.41) is 0.818. The lowest BCUT2D eigenvalue weighted by atomic mass is 9.86. The van der Waals surface area contributed by atoms with E-state index >= 15 is 0 Å². The third-order valence-corrected chi connectivity index (χ3v) is 5.31. The van der Waals surface area contributed by atoms with Crippen molar-refractivity contribution in [2.24, 2.45) is 0 Å². The Kier molecular flexibility index (Phi) is 5.74. The molecule has 0 saturated heterocycles. The second-order valence-electron chi connectivity index (χ2n) is 7.19. The molecular formula is C25H18F4O3. The van der Waals surface area contributed by atoms with Gasteiger partial charge in [-0.3, -0.25) is 4.79 Å². The van der Waals surface area contributed by atoms with E-state index < -0.39 is 29.2 Å². The van der Waals surface area contributed by atoms with Gasteiger partial charge in [-0.2, -0.15) is 0 Å². The number of methoxy groups -OCH3 is 1. The maximum Gasteiger partial charge on any atom is 0.310 e. The van der Waals surface area contributed by atoms with E-state index in [0.717, 1.165) is 24.3 Å². The molecule has 0 heterocycles. The number of carbonyl (C=O) groups is 1. The van der Waals surface area contributed by atoms with Crippen LogP contribution in [0.25, 0.3) is 32.7 Å². The topological polar surface area (TPSA) is 35.5 Å². The highest BCUT2D eigenvalue weighted by atomic mass is 19.2. The summed E-state index contributed by atoms with van der Waals surface area (Å²) in [7, 11) is 1.50. The van der Waals surface area contributed by atoms with Crippen molar-refractivity contribution in [3.8, 4) is 16.9 Å². The van der Waals surface area contributed by atoms with E-state index in [1.807, 2.05) is 0 Å². The minimum absolute atomic E-state index is 0.130. The molecule has 4 rings (SSSR count). The molecule has 3 nitrogen and oxygen atoms in total. The van der Waals surface area contributed by atoms with Gasteiger partial charge < -0.3 is 9.47 Å². The smallest absolute Gasteiger partial charge is 0.310 e. The summed E-state index contributed by atoms with van der Waals surface area (Å²) in [4.78, 5) is 12.4. The molecule has 0 fully saturated rings. The Morgan fingerprint density at radius 3 is 1.81 bits per heavy atom. The van der Waals surface area contributed by atoms with Gasteiger partial charge in [0.1, 0.15) is 5.75 Å². The minimum atomic E-state index is -1.14. The molecule has 0 N–H and O–H groups in total. The second kappa shape index (κ2) is 8.49. The Morgan fingerprint density at radius 1 is 0.781 bits per heavy atom. The third-order valence-electron chi connectivity index (χ3n) is 5.31. The Hall–Kier alpha value is -3.61. The van der Waals surface area contributed by atoms with Gasteiger partial charge in [-0.25, -0.2) is 17.6 Å². The summed E-state index contributed by atoms with van der Waals surface area (Å²) in [6, 6.07) is 10.6. The maximum absolute atomic E-state index is 14.3. The zero-order valence-electron chi connectivity index (χ0n) is 17.3. The van der Waals surface area contributed by atoms with Gasteiger partial charge in [0, 0.05) is 0 Å². The van der Waals surface area contributed by atoms with Crippen molar-refractivity contribution in [3.63, 3.8) is 0 Å². The fourth-order valence-corrected chi connectivity index (χ4v) is 3.92. The van der Waals surface area contributed by atoms with Crippen molar-refractivity contribution in [2.45, 2.75) is 13.3 Å². The largest absolute Gasteiger partial charge is 0.497 e. The van der Waals surface area contributed by atoms with Gasteiger partial charge in [0.15, 0.2) is 23.3 Å². The predicted molar refractivity (Wildman–Crippen MR) is 114 cm³/mol. The standard InChI is InChI=1S/C25H18F4O3/c1-3-32-24(30)12-19-17-10-21(27)20(26)8-15(17)16-9-22(28)23(29)11-18(16)25(19)13-4-6-14(31-2)7-5-13/h4-11H,3,12H2,1-2H3. The van der Waals surface area contributed by atoms with Crippen LogP contribution in [0.4, 0.5) is 17.6 Å². The Labute approximate surface area is 181 Å². The first-order chi connectivity index (χ1) is 15.3. The molecule has 0 aliphatic carbocycles. The van der Waals surface area contributed by atoms with Crippen molar-refractivity contribution in [1.82, 2.24) is 0 Å². The molecule has 0 amide bonds. The summed E-state index contributed by atoms with van der Waals surface area (Å²) < 4.78 is 67.1. The van der Waals surface area contributed by atoms with Gasteiger partial charge >= 0.3 is 5.97 Å². The van der Waals surface area contributed by atoms with E-state index in [9.17, 15) is 22.4 Å². The fourth-order valence-electron chi connectivity index (χ4n) is 3.92. The molecule has 0 spiro atoms. The number of rotatable bonds is 5. The number of hydrogen-bond donors (Lipinski definition) is 0. The lowest BCUT2D eigenvalue weighted by Gasteiger charge is -2.18. The molecule has 7 heteroatoms. The van der Waals surface area contributed by atoms with Crippen LogP contribution in [0.3, 0.4) is 0 Å². The molecule has 0 aromatic heterocycles. The van der Waals surface area contributed by atoms with Gasteiger partial charge in [0.2, 0.25) is 0 Å². The molecule has 0 aliphatic heterocycles. The second-order valence-corrected chi connectivity index (χ2v) is 7.19. The molecule has 4 aromatic carbocycles. The zero-order valence-corrected chi connectivity index (χ0v) is 17.3. The van der Waals surface area contributed by atoms with Crippen LogP contribution in [0.5, 0.6) is 5.75 Å². The molecule has 4 aromatic rings. The summed E-state index contributed by atoms with van der Waals surface area (Å²) >= 11 is 0. The molecule has 0 bridgehead atoms.